The molecule has 1 unspecified atom stereocenters. The molecule has 8 heteroatoms. The van der Waals surface area contributed by atoms with Crippen molar-refractivity contribution in [3.8, 4) is 0 Å². The average Bonchev–Trinajstić information content (AvgIpc) is 2.74. The first-order valence-corrected chi connectivity index (χ1v) is 5.54. The lowest BCUT2D eigenvalue weighted by Gasteiger charge is -2.25. The van der Waals surface area contributed by atoms with Gasteiger partial charge in [-0.2, -0.15) is 0 Å². The molecule has 0 saturated carbocycles. The number of likely N-dealkylation sites (tertiary alicyclic amines) is 1. The first-order chi connectivity index (χ1) is 7.49. The van der Waals surface area contributed by atoms with Gasteiger partial charge in [-0.05, 0) is 12.8 Å². The SMILES string of the molecule is C[C@@H](C(=O)N1CCC[C@H]1C(=O)O)C(S)N=O.O. The predicted molar refractivity (Wildman–Crippen MR) is 63.7 cm³/mol. The molecule has 1 saturated heterocycles. The molecular formula is C9H16N2O5S. The smallest absolute Gasteiger partial charge is 0.326 e. The van der Waals surface area contributed by atoms with Crippen molar-refractivity contribution in [1.82, 2.24) is 4.90 Å². The second kappa shape index (κ2) is 6.55. The van der Waals surface area contributed by atoms with E-state index in [0.29, 0.717) is 19.4 Å². The van der Waals surface area contributed by atoms with Crippen LogP contribution in [0.1, 0.15) is 19.8 Å². The molecule has 0 spiro atoms. The Hall–Kier alpha value is -1.15. The Morgan fingerprint density at radius 3 is 2.59 bits per heavy atom. The van der Waals surface area contributed by atoms with E-state index in [0.717, 1.165) is 0 Å². The fraction of sp³-hybridized carbons (Fsp3) is 0.778. The molecule has 0 aromatic carbocycles. The van der Waals surface area contributed by atoms with Gasteiger partial charge in [0, 0.05) is 6.54 Å². The average molecular weight is 264 g/mol. The van der Waals surface area contributed by atoms with Gasteiger partial charge in [-0.3, -0.25) is 4.79 Å². The van der Waals surface area contributed by atoms with Crippen molar-refractivity contribution in [2.75, 3.05) is 6.54 Å². The number of nitrogens with zero attached hydrogens (tertiary/aromatic N) is 2. The van der Waals surface area contributed by atoms with Gasteiger partial charge in [0.2, 0.25) is 5.91 Å². The summed E-state index contributed by atoms with van der Waals surface area (Å²) in [6.07, 6.45) is 1.13. The van der Waals surface area contributed by atoms with Crippen molar-refractivity contribution in [2.45, 2.75) is 31.2 Å². The first kappa shape index (κ1) is 15.9. The molecule has 98 valence electrons. The Labute approximate surface area is 104 Å². The molecule has 0 radical (unpaired) electrons. The van der Waals surface area contributed by atoms with Gasteiger partial charge in [0.15, 0.2) is 0 Å². The Morgan fingerprint density at radius 1 is 1.53 bits per heavy atom. The van der Waals surface area contributed by atoms with E-state index in [1.54, 1.807) is 0 Å². The number of carboxylic acids is 1. The topological polar surface area (TPSA) is 119 Å². The molecule has 17 heavy (non-hydrogen) atoms. The fourth-order valence-corrected chi connectivity index (χ4v) is 1.90. The van der Waals surface area contributed by atoms with Crippen molar-refractivity contribution in [2.24, 2.45) is 11.1 Å². The van der Waals surface area contributed by atoms with E-state index in [1.807, 2.05) is 0 Å². The van der Waals surface area contributed by atoms with E-state index in [1.165, 1.54) is 11.8 Å². The molecule has 1 fully saturated rings. The lowest BCUT2D eigenvalue weighted by molar-refractivity contribution is -0.149. The monoisotopic (exact) mass is 264 g/mol. The summed E-state index contributed by atoms with van der Waals surface area (Å²) in [6, 6.07) is -0.776. The van der Waals surface area contributed by atoms with E-state index < -0.39 is 23.3 Å². The van der Waals surface area contributed by atoms with Crippen LogP contribution < -0.4 is 0 Å². The molecule has 0 aromatic heterocycles. The minimum Gasteiger partial charge on any atom is -0.480 e. The summed E-state index contributed by atoms with van der Waals surface area (Å²) in [6.45, 7) is 1.94. The highest BCUT2D eigenvalue weighted by atomic mass is 32.1. The van der Waals surface area contributed by atoms with E-state index in [-0.39, 0.29) is 11.4 Å². The molecule has 1 heterocycles. The van der Waals surface area contributed by atoms with Gasteiger partial charge in [-0.15, -0.1) is 17.5 Å². The molecule has 1 amide bonds. The number of carbonyl (C=O) groups is 2. The van der Waals surface area contributed by atoms with Crippen LogP contribution in [-0.2, 0) is 9.59 Å². The van der Waals surface area contributed by atoms with Crippen molar-refractivity contribution in [3.05, 3.63) is 4.91 Å². The highest BCUT2D eigenvalue weighted by molar-refractivity contribution is 7.81. The van der Waals surface area contributed by atoms with Gasteiger partial charge >= 0.3 is 5.97 Å². The van der Waals surface area contributed by atoms with Crippen LogP contribution in [0.5, 0.6) is 0 Å². The Bertz CT molecular complexity index is 312. The van der Waals surface area contributed by atoms with Crippen LogP contribution in [0, 0.1) is 10.8 Å². The summed E-state index contributed by atoms with van der Waals surface area (Å²) >= 11 is 3.86. The lowest BCUT2D eigenvalue weighted by atomic mass is 10.1. The molecule has 3 atom stereocenters. The van der Waals surface area contributed by atoms with Gasteiger partial charge in [0.25, 0.3) is 0 Å². The third-order valence-corrected chi connectivity index (χ3v) is 3.31. The molecule has 0 aliphatic carbocycles. The maximum atomic E-state index is 11.9. The highest BCUT2D eigenvalue weighted by Crippen LogP contribution is 2.22. The van der Waals surface area contributed by atoms with Crippen molar-refractivity contribution >= 4 is 24.5 Å². The van der Waals surface area contributed by atoms with Crippen LogP contribution in [0.25, 0.3) is 0 Å². The largest absolute Gasteiger partial charge is 0.480 e. The van der Waals surface area contributed by atoms with Crippen LogP contribution in [0.15, 0.2) is 5.18 Å². The van der Waals surface area contributed by atoms with E-state index >= 15 is 0 Å². The number of carboxylic acid groups (broad SMARTS) is 1. The van der Waals surface area contributed by atoms with Crippen LogP contribution in [0.4, 0.5) is 0 Å². The molecule has 1 aliphatic rings. The van der Waals surface area contributed by atoms with Gasteiger partial charge in [-0.25, -0.2) is 4.79 Å². The summed E-state index contributed by atoms with van der Waals surface area (Å²) in [5.41, 5.74) is 0. The molecule has 0 aromatic rings. The van der Waals surface area contributed by atoms with Crippen LogP contribution in [0.3, 0.4) is 0 Å². The highest BCUT2D eigenvalue weighted by Gasteiger charge is 2.37. The Balaban J connectivity index is 0.00000256. The number of hydrogen-bond acceptors (Lipinski definition) is 5. The standard InChI is InChI=1S/C9H14N2O4S.H2O/c1-5(7(16)10-15)8(12)11-4-2-3-6(11)9(13)14;/h5-7,16H,2-4H2,1H3,(H,13,14);1H2/t5-,6+,7?;/m1./s1. The van der Waals surface area contributed by atoms with Crippen molar-refractivity contribution in [3.63, 3.8) is 0 Å². The Morgan fingerprint density at radius 2 is 2.12 bits per heavy atom. The van der Waals surface area contributed by atoms with Crippen molar-refractivity contribution < 1.29 is 20.2 Å². The first-order valence-electron chi connectivity index (χ1n) is 5.03. The maximum Gasteiger partial charge on any atom is 0.326 e. The summed E-state index contributed by atoms with van der Waals surface area (Å²) < 4.78 is 0. The number of nitroso groups, excluding NO2 is 1. The number of carbonyl (C=O) groups excluding carboxylic acids is 1. The quantitative estimate of drug-likeness (QED) is 0.544. The van der Waals surface area contributed by atoms with Crippen LogP contribution in [-0.4, -0.2) is 45.3 Å². The summed E-state index contributed by atoms with van der Waals surface area (Å²) in [4.78, 5) is 34.3. The van der Waals surface area contributed by atoms with E-state index in [4.69, 9.17) is 5.11 Å². The third kappa shape index (κ3) is 3.40. The molecular weight excluding hydrogens is 248 g/mol. The number of aliphatic carboxylic acids is 1. The zero-order chi connectivity index (χ0) is 12.3. The second-order valence-electron chi connectivity index (χ2n) is 3.84. The van der Waals surface area contributed by atoms with E-state index in [2.05, 4.69) is 17.8 Å². The summed E-state index contributed by atoms with van der Waals surface area (Å²) in [5, 5.41) is 10.7. The summed E-state index contributed by atoms with van der Waals surface area (Å²) in [7, 11) is 0. The van der Waals surface area contributed by atoms with Gasteiger partial charge in [0.05, 0.1) is 5.92 Å². The van der Waals surface area contributed by atoms with Crippen LogP contribution in [0.2, 0.25) is 0 Å². The number of rotatable bonds is 4. The molecule has 7 nitrogen and oxygen atoms in total. The van der Waals surface area contributed by atoms with Crippen molar-refractivity contribution in [1.29, 1.82) is 0 Å². The maximum absolute atomic E-state index is 11.9. The zero-order valence-electron chi connectivity index (χ0n) is 9.37. The molecule has 1 aliphatic heterocycles. The number of hydrogen-bond donors (Lipinski definition) is 2. The van der Waals surface area contributed by atoms with E-state index in [9.17, 15) is 14.5 Å². The summed E-state index contributed by atoms with van der Waals surface area (Å²) in [5.74, 6) is -2.07. The van der Waals surface area contributed by atoms with Gasteiger partial charge < -0.3 is 15.5 Å². The van der Waals surface area contributed by atoms with Gasteiger partial charge in [-0.1, -0.05) is 12.1 Å². The zero-order valence-corrected chi connectivity index (χ0v) is 10.3. The van der Waals surface area contributed by atoms with Crippen LogP contribution >= 0.6 is 12.6 Å². The Kier molecular flexibility index (Phi) is 6.11. The molecule has 0 bridgehead atoms. The molecule has 3 N–H and O–H groups in total. The minimum absolute atomic E-state index is 0. The number of thiol groups is 1. The normalized spacial score (nSPS) is 22.5. The lowest BCUT2D eigenvalue weighted by Crippen LogP contribution is -2.44. The predicted octanol–water partition coefficient (Wildman–Crippen LogP) is -0.104. The molecule has 1 rings (SSSR count). The van der Waals surface area contributed by atoms with Gasteiger partial charge in [0.1, 0.15) is 11.4 Å². The number of amides is 1. The fourth-order valence-electron chi connectivity index (χ4n) is 1.77. The third-order valence-electron chi connectivity index (χ3n) is 2.77. The minimum atomic E-state index is -1.01. The second-order valence-corrected chi connectivity index (χ2v) is 4.36.